The Bertz CT molecular complexity index is 1080. The third kappa shape index (κ3) is 5.73. The number of phenols is 1. The Morgan fingerprint density at radius 2 is 1.54 bits per heavy atom. The molecule has 7 nitrogen and oxygen atoms in total. The maximum Gasteiger partial charge on any atom is 0.232 e. The first-order chi connectivity index (χ1) is 16.6. The van der Waals surface area contributed by atoms with Crippen LogP contribution in [-0.4, -0.2) is 50.2 Å². The highest BCUT2D eigenvalue weighted by molar-refractivity contribution is 6.16. The minimum Gasteiger partial charge on any atom is -0.507 e. The predicted octanol–water partition coefficient (Wildman–Crippen LogP) is 5.46. The van der Waals surface area contributed by atoms with Crippen molar-refractivity contribution in [1.29, 1.82) is 0 Å². The van der Waals surface area contributed by atoms with Crippen molar-refractivity contribution >= 4 is 11.9 Å². The quantitative estimate of drug-likeness (QED) is 0.450. The minimum absolute atomic E-state index is 0.139. The molecule has 7 heteroatoms. The molecule has 1 heterocycles. The first-order valence-electron chi connectivity index (χ1n) is 11.9. The molecule has 0 aromatic heterocycles. The first-order valence-corrected chi connectivity index (χ1v) is 11.9. The molecule has 190 valence electrons. The van der Waals surface area contributed by atoms with E-state index < -0.39 is 0 Å². The summed E-state index contributed by atoms with van der Waals surface area (Å²) in [6.07, 6.45) is 1.66. The van der Waals surface area contributed by atoms with E-state index in [4.69, 9.17) is 18.9 Å². The van der Waals surface area contributed by atoms with E-state index >= 15 is 0 Å². The van der Waals surface area contributed by atoms with Gasteiger partial charge in [-0.25, -0.2) is 0 Å². The highest BCUT2D eigenvalue weighted by atomic mass is 16.5. The van der Waals surface area contributed by atoms with Crippen LogP contribution in [0.3, 0.4) is 0 Å². The van der Waals surface area contributed by atoms with Gasteiger partial charge in [-0.1, -0.05) is 27.7 Å². The first kappa shape index (κ1) is 26.4. The summed E-state index contributed by atoms with van der Waals surface area (Å²) >= 11 is 0. The highest BCUT2D eigenvalue weighted by Gasteiger charge is 2.34. The fourth-order valence-electron chi connectivity index (χ4n) is 4.53. The topological polar surface area (TPSA) is 77.5 Å². The van der Waals surface area contributed by atoms with Crippen LogP contribution >= 0.6 is 0 Å². The van der Waals surface area contributed by atoms with Crippen molar-refractivity contribution in [1.82, 2.24) is 4.90 Å². The number of rotatable bonds is 10. The number of aryl methyl sites for hydroxylation is 1. The monoisotopic (exact) mass is 483 g/mol. The van der Waals surface area contributed by atoms with E-state index in [2.05, 4.69) is 32.6 Å². The zero-order valence-corrected chi connectivity index (χ0v) is 22.0. The van der Waals surface area contributed by atoms with Crippen molar-refractivity contribution in [2.24, 2.45) is 11.8 Å². The smallest absolute Gasteiger partial charge is 0.232 e. The van der Waals surface area contributed by atoms with Gasteiger partial charge in [-0.2, -0.15) is 0 Å². The van der Waals surface area contributed by atoms with Crippen LogP contribution in [0, 0.1) is 18.8 Å². The van der Waals surface area contributed by atoms with Gasteiger partial charge >= 0.3 is 0 Å². The van der Waals surface area contributed by atoms with Crippen molar-refractivity contribution < 1.29 is 28.8 Å². The van der Waals surface area contributed by atoms with E-state index in [0.717, 1.165) is 13.1 Å². The number of aromatic hydroxyl groups is 1. The number of benzene rings is 2. The number of nitrogens with zero attached hydrogens (tertiary/aromatic N) is 1. The number of carbonyl (C=O) groups is 1. The summed E-state index contributed by atoms with van der Waals surface area (Å²) in [6.45, 7) is 12.7. The van der Waals surface area contributed by atoms with Crippen molar-refractivity contribution in [2.75, 3.05) is 34.4 Å². The Labute approximate surface area is 208 Å². The maximum atomic E-state index is 13.4. The number of phenolic OH excluding ortho intramolecular Hbond substituents is 1. The van der Waals surface area contributed by atoms with E-state index in [1.165, 1.54) is 7.11 Å². The lowest BCUT2D eigenvalue weighted by Crippen LogP contribution is -2.31. The molecule has 2 aromatic rings. The second-order valence-corrected chi connectivity index (χ2v) is 9.78. The lowest BCUT2D eigenvalue weighted by atomic mass is 9.98. The molecule has 0 fully saturated rings. The fraction of sp³-hybridized carbons (Fsp3) is 0.464. The molecule has 0 bridgehead atoms. The molecular formula is C28H37NO6. The van der Waals surface area contributed by atoms with Gasteiger partial charge in [0.2, 0.25) is 11.5 Å². The number of hydrogen-bond acceptors (Lipinski definition) is 7. The zero-order valence-electron chi connectivity index (χ0n) is 22.0. The van der Waals surface area contributed by atoms with Crippen LogP contribution in [0.25, 0.3) is 6.08 Å². The third-order valence-electron chi connectivity index (χ3n) is 5.83. The molecule has 0 saturated carbocycles. The molecule has 3 rings (SSSR count). The Morgan fingerprint density at radius 3 is 2.03 bits per heavy atom. The zero-order chi connectivity index (χ0) is 25.9. The molecule has 0 aliphatic carbocycles. The SMILES string of the molecule is COc1cc(/C=C2/Oc3c(CN(CC(C)C)CC(C)C)c(O)cc(C)c3C2=O)cc(OC)c1OC. The second kappa shape index (κ2) is 11.0. The van der Waals surface area contributed by atoms with Gasteiger partial charge < -0.3 is 24.1 Å². The van der Waals surface area contributed by atoms with E-state index in [-0.39, 0.29) is 17.3 Å². The number of methoxy groups -OCH3 is 3. The summed E-state index contributed by atoms with van der Waals surface area (Å²) in [7, 11) is 4.62. The largest absolute Gasteiger partial charge is 0.507 e. The number of fused-ring (bicyclic) bond motifs is 1. The lowest BCUT2D eigenvalue weighted by Gasteiger charge is -2.27. The van der Waals surface area contributed by atoms with Gasteiger partial charge in [0, 0.05) is 19.6 Å². The standard InChI is InChI=1S/C28H37NO6/c1-16(2)13-29(14-17(3)4)15-20-21(30)9-18(5)25-26(31)22(35-27(20)25)10-19-11-23(32-6)28(34-8)24(12-19)33-7/h9-12,16-17,30H,13-15H2,1-8H3/b22-10+. The van der Waals surface area contributed by atoms with Crippen LogP contribution in [0.4, 0.5) is 0 Å². The van der Waals surface area contributed by atoms with Crippen LogP contribution in [0.5, 0.6) is 28.7 Å². The molecule has 0 unspecified atom stereocenters. The summed E-state index contributed by atoms with van der Waals surface area (Å²) < 4.78 is 22.4. The molecule has 0 amide bonds. The Hall–Kier alpha value is -3.19. The van der Waals surface area contributed by atoms with Crippen molar-refractivity contribution in [3.63, 3.8) is 0 Å². The van der Waals surface area contributed by atoms with E-state index in [0.29, 0.717) is 63.6 Å². The van der Waals surface area contributed by atoms with Crippen molar-refractivity contribution in [3.8, 4) is 28.7 Å². The van der Waals surface area contributed by atoms with Crippen LogP contribution in [0.1, 0.15) is 54.7 Å². The van der Waals surface area contributed by atoms with E-state index in [1.807, 2.05) is 6.92 Å². The van der Waals surface area contributed by atoms with Crippen LogP contribution in [0.2, 0.25) is 0 Å². The van der Waals surface area contributed by atoms with Gasteiger partial charge in [0.05, 0.1) is 32.5 Å². The van der Waals surface area contributed by atoms with Gasteiger partial charge in [0.1, 0.15) is 11.5 Å². The number of ether oxygens (including phenoxy) is 4. The fourth-order valence-corrected chi connectivity index (χ4v) is 4.53. The average molecular weight is 484 g/mol. The second-order valence-electron chi connectivity index (χ2n) is 9.78. The van der Waals surface area contributed by atoms with Gasteiger partial charge in [-0.15, -0.1) is 0 Å². The summed E-state index contributed by atoms with van der Waals surface area (Å²) in [5.41, 5.74) is 2.47. The summed E-state index contributed by atoms with van der Waals surface area (Å²) in [5.74, 6) is 2.90. The number of allylic oxidation sites excluding steroid dienone is 1. The summed E-state index contributed by atoms with van der Waals surface area (Å²) in [5, 5.41) is 10.8. The van der Waals surface area contributed by atoms with Crippen LogP contribution in [-0.2, 0) is 6.54 Å². The Kier molecular flexibility index (Phi) is 8.33. The van der Waals surface area contributed by atoms with Gasteiger partial charge in [-0.3, -0.25) is 9.69 Å². The lowest BCUT2D eigenvalue weighted by molar-refractivity contribution is 0.101. The molecule has 35 heavy (non-hydrogen) atoms. The minimum atomic E-state index is -0.216. The number of hydrogen-bond donors (Lipinski definition) is 1. The van der Waals surface area contributed by atoms with Crippen molar-refractivity contribution in [3.05, 3.63) is 46.2 Å². The van der Waals surface area contributed by atoms with Crippen LogP contribution < -0.4 is 18.9 Å². The normalized spacial score (nSPS) is 14.1. The molecule has 1 aliphatic heterocycles. The molecule has 1 aliphatic rings. The predicted molar refractivity (Wildman–Crippen MR) is 137 cm³/mol. The summed E-state index contributed by atoms with van der Waals surface area (Å²) in [6, 6.07) is 5.17. The molecule has 1 N–H and O–H groups in total. The third-order valence-corrected chi connectivity index (χ3v) is 5.83. The number of Topliss-reactive ketones (excluding diaryl/α,β-unsaturated/α-hetero) is 1. The van der Waals surface area contributed by atoms with E-state index in [1.54, 1.807) is 38.5 Å². The molecule has 2 aromatic carbocycles. The Balaban J connectivity index is 2.03. The van der Waals surface area contributed by atoms with Gasteiger partial charge in [0.15, 0.2) is 17.3 Å². The highest BCUT2D eigenvalue weighted by Crippen LogP contribution is 2.43. The average Bonchev–Trinajstić information content (AvgIpc) is 3.11. The molecule has 0 atom stereocenters. The number of carbonyl (C=O) groups excluding carboxylic acids is 1. The summed E-state index contributed by atoms with van der Waals surface area (Å²) in [4.78, 5) is 15.7. The molecule has 0 saturated heterocycles. The Morgan fingerprint density at radius 1 is 0.971 bits per heavy atom. The van der Waals surface area contributed by atoms with Crippen molar-refractivity contribution in [2.45, 2.75) is 41.2 Å². The maximum absolute atomic E-state index is 13.4. The van der Waals surface area contributed by atoms with E-state index in [9.17, 15) is 9.90 Å². The number of ketones is 1. The molecular weight excluding hydrogens is 446 g/mol. The van der Waals surface area contributed by atoms with Gasteiger partial charge in [-0.05, 0) is 54.2 Å². The van der Waals surface area contributed by atoms with Crippen LogP contribution in [0.15, 0.2) is 24.0 Å². The molecule has 0 spiro atoms. The van der Waals surface area contributed by atoms with Gasteiger partial charge in [0.25, 0.3) is 0 Å². The molecule has 0 radical (unpaired) electrons.